The molecule has 1 aliphatic rings. The second kappa shape index (κ2) is 9.45. The van der Waals surface area contributed by atoms with Gasteiger partial charge in [0.05, 0.1) is 0 Å². The van der Waals surface area contributed by atoms with Crippen molar-refractivity contribution in [3.8, 4) is 0 Å². The Morgan fingerprint density at radius 3 is 2.39 bits per heavy atom. The first-order valence-corrected chi connectivity index (χ1v) is 8.77. The Morgan fingerprint density at radius 1 is 1.35 bits per heavy atom. The summed E-state index contributed by atoms with van der Waals surface area (Å²) in [5.41, 5.74) is 6.42. The highest BCUT2D eigenvalue weighted by Gasteiger charge is 2.28. The third kappa shape index (κ3) is 6.52. The van der Waals surface area contributed by atoms with Crippen LogP contribution in [0.15, 0.2) is 29.2 Å². The largest absolute Gasteiger partial charge is 0.480 e. The van der Waals surface area contributed by atoms with Crippen LogP contribution in [0.5, 0.6) is 0 Å². The Kier molecular flexibility index (Phi) is 7.95. The number of carbonyl (C=O) groups excluding carboxylic acids is 1. The van der Waals surface area contributed by atoms with Crippen LogP contribution in [0.2, 0.25) is 0 Å². The molecule has 0 saturated carbocycles. The number of hydrogen-bond acceptors (Lipinski definition) is 4. The highest BCUT2D eigenvalue weighted by molar-refractivity contribution is 7.99. The number of likely N-dealkylation sites (tertiary alicyclic amines) is 1. The van der Waals surface area contributed by atoms with Crippen molar-refractivity contribution in [1.82, 2.24) is 4.90 Å². The minimum Gasteiger partial charge on any atom is -0.480 e. The van der Waals surface area contributed by atoms with Crippen molar-refractivity contribution in [3.05, 3.63) is 24.3 Å². The number of nitrogen functional groups attached to an aromatic ring is 1. The van der Waals surface area contributed by atoms with Crippen molar-refractivity contribution in [2.24, 2.45) is 0 Å². The van der Waals surface area contributed by atoms with Gasteiger partial charge in [0.2, 0.25) is 5.91 Å². The zero-order valence-corrected chi connectivity index (χ0v) is 14.8. The summed E-state index contributed by atoms with van der Waals surface area (Å²) in [6.45, 7) is 6.56. The number of aliphatic carboxylic acids is 1. The van der Waals surface area contributed by atoms with E-state index < -0.39 is 12.0 Å². The van der Waals surface area contributed by atoms with Gasteiger partial charge in [-0.1, -0.05) is 13.8 Å². The average Bonchev–Trinajstić information content (AvgIpc) is 2.95. The molecular formula is C17H26N2O3S. The number of rotatable bonds is 5. The molecule has 1 aromatic carbocycles. The molecule has 0 spiro atoms. The van der Waals surface area contributed by atoms with Crippen LogP contribution >= 0.6 is 11.8 Å². The SMILES string of the molecule is CC(C(=O)O)N1CCCC1=O.CCC(C)Sc1ccc(N)cc1. The molecule has 0 aliphatic carbocycles. The average molecular weight is 338 g/mol. The van der Waals surface area contributed by atoms with Crippen LogP contribution in [0.4, 0.5) is 5.69 Å². The van der Waals surface area contributed by atoms with Gasteiger partial charge in [-0.3, -0.25) is 4.79 Å². The number of nitrogens with zero attached hydrogens (tertiary/aromatic N) is 1. The quantitative estimate of drug-likeness (QED) is 0.636. The second-order valence-electron chi connectivity index (χ2n) is 5.61. The fraction of sp³-hybridized carbons (Fsp3) is 0.529. The number of carboxylic acids is 1. The lowest BCUT2D eigenvalue weighted by Crippen LogP contribution is -2.39. The molecule has 23 heavy (non-hydrogen) atoms. The minimum atomic E-state index is -0.930. The van der Waals surface area contributed by atoms with Gasteiger partial charge in [0.25, 0.3) is 0 Å². The van der Waals surface area contributed by atoms with Crippen LogP contribution in [-0.4, -0.2) is 39.7 Å². The molecule has 1 amide bonds. The van der Waals surface area contributed by atoms with E-state index in [1.165, 1.54) is 23.1 Å². The molecule has 1 heterocycles. The number of benzene rings is 1. The van der Waals surface area contributed by atoms with E-state index in [0.717, 1.165) is 12.1 Å². The first-order valence-electron chi connectivity index (χ1n) is 7.89. The van der Waals surface area contributed by atoms with Gasteiger partial charge in [-0.05, 0) is 44.0 Å². The Balaban J connectivity index is 0.000000231. The van der Waals surface area contributed by atoms with Crippen LogP contribution in [0, 0.1) is 0 Å². The number of amides is 1. The van der Waals surface area contributed by atoms with E-state index in [1.54, 1.807) is 0 Å². The highest BCUT2D eigenvalue weighted by Crippen LogP contribution is 2.25. The van der Waals surface area contributed by atoms with E-state index in [-0.39, 0.29) is 5.91 Å². The first kappa shape index (κ1) is 19.4. The van der Waals surface area contributed by atoms with Crippen molar-refractivity contribution < 1.29 is 14.7 Å². The summed E-state index contributed by atoms with van der Waals surface area (Å²) in [6, 6.07) is 7.39. The molecule has 5 nitrogen and oxygen atoms in total. The van der Waals surface area contributed by atoms with Crippen LogP contribution in [0.25, 0.3) is 0 Å². The topological polar surface area (TPSA) is 83.6 Å². The molecule has 2 atom stereocenters. The molecule has 1 fully saturated rings. The van der Waals surface area contributed by atoms with E-state index in [4.69, 9.17) is 10.8 Å². The van der Waals surface area contributed by atoms with Gasteiger partial charge < -0.3 is 15.7 Å². The number of carbonyl (C=O) groups is 2. The van der Waals surface area contributed by atoms with Crippen molar-refractivity contribution >= 4 is 29.3 Å². The summed E-state index contributed by atoms with van der Waals surface area (Å²) < 4.78 is 0. The molecule has 0 aromatic heterocycles. The van der Waals surface area contributed by atoms with E-state index >= 15 is 0 Å². The van der Waals surface area contributed by atoms with Crippen molar-refractivity contribution in [1.29, 1.82) is 0 Å². The molecule has 2 rings (SSSR count). The van der Waals surface area contributed by atoms with Gasteiger partial charge in [0.15, 0.2) is 0 Å². The van der Waals surface area contributed by atoms with E-state index in [0.29, 0.717) is 18.2 Å². The lowest BCUT2D eigenvalue weighted by atomic mass is 10.3. The molecule has 1 saturated heterocycles. The molecule has 128 valence electrons. The van der Waals surface area contributed by atoms with Crippen LogP contribution < -0.4 is 5.73 Å². The summed E-state index contributed by atoms with van der Waals surface area (Å²) >= 11 is 1.90. The van der Waals surface area contributed by atoms with Crippen molar-refractivity contribution in [3.63, 3.8) is 0 Å². The molecular weight excluding hydrogens is 312 g/mol. The lowest BCUT2D eigenvalue weighted by molar-refractivity contribution is -0.147. The van der Waals surface area contributed by atoms with Gasteiger partial charge in [-0.15, -0.1) is 11.8 Å². The van der Waals surface area contributed by atoms with E-state index in [2.05, 4.69) is 26.0 Å². The monoisotopic (exact) mass is 338 g/mol. The summed E-state index contributed by atoms with van der Waals surface area (Å²) in [5.74, 6) is -0.972. The van der Waals surface area contributed by atoms with Gasteiger partial charge in [0, 0.05) is 28.8 Å². The molecule has 1 aliphatic heterocycles. The molecule has 0 radical (unpaired) electrons. The van der Waals surface area contributed by atoms with Gasteiger partial charge >= 0.3 is 5.97 Å². The summed E-state index contributed by atoms with van der Waals surface area (Å²) in [7, 11) is 0. The predicted molar refractivity (Wildman–Crippen MR) is 94.5 cm³/mol. The number of carboxylic acid groups (broad SMARTS) is 1. The predicted octanol–water partition coefficient (Wildman–Crippen LogP) is 3.24. The Hall–Kier alpha value is -1.69. The van der Waals surface area contributed by atoms with Gasteiger partial charge in [-0.25, -0.2) is 4.79 Å². The Labute approximate surface area is 142 Å². The maximum absolute atomic E-state index is 11.0. The number of hydrogen-bond donors (Lipinski definition) is 2. The van der Waals surface area contributed by atoms with Crippen LogP contribution in [-0.2, 0) is 9.59 Å². The normalized spacial score (nSPS) is 16.5. The zero-order chi connectivity index (χ0) is 17.4. The number of thioether (sulfide) groups is 1. The maximum Gasteiger partial charge on any atom is 0.326 e. The lowest BCUT2D eigenvalue weighted by Gasteiger charge is -2.19. The first-order chi connectivity index (χ1) is 10.8. The second-order valence-corrected chi connectivity index (χ2v) is 7.12. The van der Waals surface area contributed by atoms with E-state index in [9.17, 15) is 9.59 Å². The summed E-state index contributed by atoms with van der Waals surface area (Å²) in [5, 5.41) is 9.25. The fourth-order valence-corrected chi connectivity index (χ4v) is 3.00. The summed E-state index contributed by atoms with van der Waals surface area (Å²) in [6.07, 6.45) is 2.49. The van der Waals surface area contributed by atoms with Crippen molar-refractivity contribution in [2.75, 3.05) is 12.3 Å². The fourth-order valence-electron chi connectivity index (χ4n) is 2.07. The summed E-state index contributed by atoms with van der Waals surface area (Å²) in [4.78, 5) is 24.1. The minimum absolute atomic E-state index is 0.0418. The highest BCUT2D eigenvalue weighted by atomic mass is 32.2. The molecule has 3 N–H and O–H groups in total. The van der Waals surface area contributed by atoms with Gasteiger partial charge in [-0.2, -0.15) is 0 Å². The van der Waals surface area contributed by atoms with Gasteiger partial charge in [0.1, 0.15) is 6.04 Å². The maximum atomic E-state index is 11.0. The van der Waals surface area contributed by atoms with E-state index in [1.807, 2.05) is 23.9 Å². The molecule has 2 unspecified atom stereocenters. The van der Waals surface area contributed by atoms with Crippen LogP contribution in [0.1, 0.15) is 40.0 Å². The third-order valence-corrected chi connectivity index (χ3v) is 5.01. The number of anilines is 1. The smallest absolute Gasteiger partial charge is 0.326 e. The third-order valence-electron chi connectivity index (χ3n) is 3.73. The molecule has 6 heteroatoms. The molecule has 0 bridgehead atoms. The number of nitrogens with two attached hydrogens (primary N) is 1. The Bertz CT molecular complexity index is 519. The molecule has 1 aromatic rings. The Morgan fingerprint density at radius 2 is 1.96 bits per heavy atom. The standard InChI is InChI=1S/C10H15NS.C7H11NO3/c1-3-8(2)12-10-6-4-9(11)5-7-10;1-5(7(10)11)8-4-2-3-6(8)9/h4-8H,3,11H2,1-2H3;5H,2-4H2,1H3,(H,10,11). The zero-order valence-electron chi connectivity index (χ0n) is 14.0. The van der Waals surface area contributed by atoms with Crippen molar-refractivity contribution in [2.45, 2.75) is 56.2 Å². The van der Waals surface area contributed by atoms with Crippen LogP contribution in [0.3, 0.4) is 0 Å².